The van der Waals surface area contributed by atoms with Crippen molar-refractivity contribution in [1.29, 1.82) is 0 Å². The van der Waals surface area contributed by atoms with Crippen LogP contribution in [0.15, 0.2) is 18.2 Å². The van der Waals surface area contributed by atoms with Crippen LogP contribution in [0.25, 0.3) is 11.3 Å². The Morgan fingerprint density at radius 1 is 1.35 bits per heavy atom. The quantitative estimate of drug-likeness (QED) is 0.862. The summed E-state index contributed by atoms with van der Waals surface area (Å²) in [4.78, 5) is 2.02. The molecule has 23 heavy (non-hydrogen) atoms. The lowest BCUT2D eigenvalue weighted by molar-refractivity contribution is 0.227. The smallest absolute Gasteiger partial charge is 0.215 e. The zero-order valence-corrected chi connectivity index (χ0v) is 14.3. The van der Waals surface area contributed by atoms with Gasteiger partial charge in [-0.1, -0.05) is 19.9 Å². The van der Waals surface area contributed by atoms with Gasteiger partial charge in [-0.15, -0.1) is 0 Å². The van der Waals surface area contributed by atoms with Gasteiger partial charge < -0.3 is 9.64 Å². The summed E-state index contributed by atoms with van der Waals surface area (Å²) >= 11 is 0. The average molecular weight is 317 g/mol. The topological polar surface area (TPSA) is 30.3 Å². The minimum Gasteiger partial charge on any atom is -0.478 e. The molecule has 0 unspecified atom stereocenters. The lowest BCUT2D eigenvalue weighted by Gasteiger charge is -2.17. The SMILES string of the molecule is CC(C)c1c(-c2ccc(CN(C)C)cc2F)nn2c1OCCC2. The summed E-state index contributed by atoms with van der Waals surface area (Å²) < 4.78 is 22.4. The molecule has 0 spiro atoms. The Bertz CT molecular complexity index is 707. The summed E-state index contributed by atoms with van der Waals surface area (Å²) in [5, 5.41) is 4.63. The number of aryl methyl sites for hydroxylation is 1. The highest BCUT2D eigenvalue weighted by Crippen LogP contribution is 2.38. The van der Waals surface area contributed by atoms with Crippen LogP contribution in [0.1, 0.15) is 37.3 Å². The summed E-state index contributed by atoms with van der Waals surface area (Å²) in [5.41, 5.74) is 3.24. The normalized spacial score (nSPS) is 14.2. The van der Waals surface area contributed by atoms with Gasteiger partial charge in [-0.3, -0.25) is 0 Å². The van der Waals surface area contributed by atoms with Gasteiger partial charge in [0.2, 0.25) is 5.88 Å². The molecular weight excluding hydrogens is 293 g/mol. The molecule has 0 amide bonds. The minimum absolute atomic E-state index is 0.221. The predicted molar refractivity (Wildman–Crippen MR) is 89.2 cm³/mol. The van der Waals surface area contributed by atoms with Crippen LogP contribution in [0.5, 0.6) is 5.88 Å². The minimum atomic E-state index is -0.221. The molecule has 124 valence electrons. The fourth-order valence-electron chi connectivity index (χ4n) is 3.08. The highest BCUT2D eigenvalue weighted by molar-refractivity contribution is 5.67. The van der Waals surface area contributed by atoms with Crippen molar-refractivity contribution in [3.05, 3.63) is 35.1 Å². The van der Waals surface area contributed by atoms with Crippen molar-refractivity contribution in [2.75, 3.05) is 20.7 Å². The van der Waals surface area contributed by atoms with Crippen LogP contribution in [0.4, 0.5) is 4.39 Å². The first-order chi connectivity index (χ1) is 11.0. The molecule has 3 rings (SSSR count). The van der Waals surface area contributed by atoms with E-state index in [0.717, 1.165) is 36.5 Å². The van der Waals surface area contributed by atoms with Crippen LogP contribution in [-0.2, 0) is 13.1 Å². The van der Waals surface area contributed by atoms with E-state index in [9.17, 15) is 4.39 Å². The van der Waals surface area contributed by atoms with E-state index in [0.29, 0.717) is 17.9 Å². The van der Waals surface area contributed by atoms with E-state index in [1.807, 2.05) is 35.8 Å². The number of benzene rings is 1. The molecule has 0 saturated heterocycles. The fourth-order valence-corrected chi connectivity index (χ4v) is 3.08. The van der Waals surface area contributed by atoms with Gasteiger partial charge in [-0.05, 0) is 37.7 Å². The van der Waals surface area contributed by atoms with Crippen molar-refractivity contribution in [3.63, 3.8) is 0 Å². The van der Waals surface area contributed by atoms with E-state index < -0.39 is 0 Å². The number of aromatic nitrogens is 2. The van der Waals surface area contributed by atoms with Gasteiger partial charge in [0.1, 0.15) is 11.5 Å². The van der Waals surface area contributed by atoms with Gasteiger partial charge >= 0.3 is 0 Å². The van der Waals surface area contributed by atoms with Crippen LogP contribution in [0, 0.1) is 5.82 Å². The van der Waals surface area contributed by atoms with E-state index in [1.165, 1.54) is 0 Å². The highest BCUT2D eigenvalue weighted by Gasteiger charge is 2.26. The van der Waals surface area contributed by atoms with Crippen LogP contribution in [0.2, 0.25) is 0 Å². The predicted octanol–water partition coefficient (Wildman–Crippen LogP) is 3.66. The molecule has 5 heteroatoms. The maximum absolute atomic E-state index is 14.7. The summed E-state index contributed by atoms with van der Waals surface area (Å²) in [7, 11) is 3.95. The van der Waals surface area contributed by atoms with Gasteiger partial charge in [0.15, 0.2) is 0 Å². The number of hydrogen-bond donors (Lipinski definition) is 0. The molecule has 0 N–H and O–H groups in total. The maximum Gasteiger partial charge on any atom is 0.215 e. The van der Waals surface area contributed by atoms with Crippen LogP contribution >= 0.6 is 0 Å². The van der Waals surface area contributed by atoms with E-state index in [-0.39, 0.29) is 11.7 Å². The van der Waals surface area contributed by atoms with E-state index in [2.05, 4.69) is 18.9 Å². The molecule has 2 heterocycles. The third kappa shape index (κ3) is 3.11. The molecule has 2 aromatic rings. The fraction of sp³-hybridized carbons (Fsp3) is 0.500. The second-order valence-corrected chi connectivity index (χ2v) is 6.70. The maximum atomic E-state index is 14.7. The Labute approximate surface area is 136 Å². The number of fused-ring (bicyclic) bond motifs is 1. The molecule has 1 aromatic carbocycles. The molecule has 0 atom stereocenters. The summed E-state index contributed by atoms with van der Waals surface area (Å²) in [5.74, 6) is 0.812. The lowest BCUT2D eigenvalue weighted by Crippen LogP contribution is -2.15. The first-order valence-electron chi connectivity index (χ1n) is 8.14. The first kappa shape index (κ1) is 16.0. The van der Waals surface area contributed by atoms with E-state index in [1.54, 1.807) is 6.07 Å². The summed E-state index contributed by atoms with van der Waals surface area (Å²) in [6.45, 7) is 6.44. The third-order valence-electron chi connectivity index (χ3n) is 4.06. The Morgan fingerprint density at radius 2 is 2.13 bits per heavy atom. The van der Waals surface area contributed by atoms with Crippen molar-refractivity contribution >= 4 is 0 Å². The zero-order chi connectivity index (χ0) is 16.6. The van der Waals surface area contributed by atoms with Crippen LogP contribution < -0.4 is 4.74 Å². The molecule has 0 aliphatic carbocycles. The van der Waals surface area contributed by atoms with Crippen LogP contribution in [-0.4, -0.2) is 35.4 Å². The zero-order valence-electron chi connectivity index (χ0n) is 14.3. The first-order valence-corrected chi connectivity index (χ1v) is 8.14. The van der Waals surface area contributed by atoms with Gasteiger partial charge in [0, 0.05) is 30.6 Å². The van der Waals surface area contributed by atoms with Gasteiger partial charge in [0.05, 0.1) is 6.61 Å². The number of rotatable bonds is 4. The highest BCUT2D eigenvalue weighted by atomic mass is 19.1. The molecule has 4 nitrogen and oxygen atoms in total. The summed E-state index contributed by atoms with van der Waals surface area (Å²) in [6, 6.07) is 5.43. The largest absolute Gasteiger partial charge is 0.478 e. The average Bonchev–Trinajstić information content (AvgIpc) is 2.85. The Morgan fingerprint density at radius 3 is 2.78 bits per heavy atom. The second-order valence-electron chi connectivity index (χ2n) is 6.70. The monoisotopic (exact) mass is 317 g/mol. The van der Waals surface area contributed by atoms with Crippen molar-refractivity contribution in [3.8, 4) is 17.1 Å². The number of nitrogens with zero attached hydrogens (tertiary/aromatic N) is 3. The molecule has 0 bridgehead atoms. The molecule has 1 aliphatic rings. The number of ether oxygens (including phenoxy) is 1. The molecule has 1 aliphatic heterocycles. The number of halogens is 1. The van der Waals surface area contributed by atoms with Crippen molar-refractivity contribution in [1.82, 2.24) is 14.7 Å². The molecular formula is C18H24FN3O. The Kier molecular flexibility index (Phi) is 4.39. The van der Waals surface area contributed by atoms with E-state index >= 15 is 0 Å². The molecule has 1 aromatic heterocycles. The van der Waals surface area contributed by atoms with Crippen molar-refractivity contribution in [2.24, 2.45) is 0 Å². The summed E-state index contributed by atoms with van der Waals surface area (Å²) in [6.07, 6.45) is 0.940. The van der Waals surface area contributed by atoms with Crippen molar-refractivity contribution in [2.45, 2.75) is 39.3 Å². The van der Waals surface area contributed by atoms with Gasteiger partial charge in [-0.25, -0.2) is 9.07 Å². The second kappa shape index (κ2) is 6.32. The van der Waals surface area contributed by atoms with Crippen molar-refractivity contribution < 1.29 is 9.13 Å². The molecule has 0 fully saturated rings. The third-order valence-corrected chi connectivity index (χ3v) is 4.06. The van der Waals surface area contributed by atoms with Gasteiger partial charge in [-0.2, -0.15) is 5.10 Å². The Hall–Kier alpha value is -1.88. The Balaban J connectivity index is 2.06. The van der Waals surface area contributed by atoms with E-state index in [4.69, 9.17) is 4.74 Å². The molecule has 0 saturated carbocycles. The standard InChI is InChI=1S/C18H24FN3O/c1-12(2)16-17(20-22-8-5-9-23-18(16)22)14-7-6-13(10-15(14)19)11-21(3)4/h6-7,10,12H,5,8-9,11H2,1-4H3. The number of hydrogen-bond acceptors (Lipinski definition) is 3. The lowest BCUT2D eigenvalue weighted by atomic mass is 9.98. The molecule has 0 radical (unpaired) electrons. The van der Waals surface area contributed by atoms with Gasteiger partial charge in [0.25, 0.3) is 0 Å². The van der Waals surface area contributed by atoms with Crippen LogP contribution in [0.3, 0.4) is 0 Å².